The van der Waals surface area contributed by atoms with Crippen LogP contribution in [0.4, 0.5) is 11.4 Å². The van der Waals surface area contributed by atoms with Gasteiger partial charge in [0.25, 0.3) is 0 Å². The summed E-state index contributed by atoms with van der Waals surface area (Å²) >= 11 is 5.89. The lowest BCUT2D eigenvalue weighted by atomic mass is 10.1. The van der Waals surface area contributed by atoms with Gasteiger partial charge in [0.15, 0.2) is 0 Å². The van der Waals surface area contributed by atoms with Crippen LogP contribution >= 0.6 is 11.6 Å². The number of aromatic nitrogens is 2. The highest BCUT2D eigenvalue weighted by atomic mass is 35.5. The second-order valence-corrected chi connectivity index (χ2v) is 4.71. The van der Waals surface area contributed by atoms with Crippen molar-refractivity contribution in [2.75, 3.05) is 5.32 Å². The van der Waals surface area contributed by atoms with E-state index in [1.54, 1.807) is 12.3 Å². The second-order valence-electron chi connectivity index (χ2n) is 4.32. The molecule has 2 heterocycles. The first-order valence-corrected chi connectivity index (χ1v) is 6.35. The largest absolute Gasteiger partial charge is 0.354 e. The normalized spacial score (nSPS) is 10.6. The molecule has 4 heteroatoms. The fourth-order valence-electron chi connectivity index (χ4n) is 1.98. The number of anilines is 2. The Labute approximate surface area is 116 Å². The summed E-state index contributed by atoms with van der Waals surface area (Å²) in [6.45, 7) is 1.99. The van der Waals surface area contributed by atoms with Crippen LogP contribution in [0.15, 0.2) is 48.7 Å². The second kappa shape index (κ2) is 4.86. The molecule has 3 nitrogen and oxygen atoms in total. The Kier molecular flexibility index (Phi) is 3.05. The highest BCUT2D eigenvalue weighted by molar-refractivity contribution is 6.29. The molecule has 0 aliphatic carbocycles. The lowest BCUT2D eigenvalue weighted by Gasteiger charge is -2.09. The van der Waals surface area contributed by atoms with Gasteiger partial charge in [0.2, 0.25) is 0 Å². The molecule has 3 aromatic rings. The summed E-state index contributed by atoms with van der Waals surface area (Å²) in [5.41, 5.74) is 3.81. The predicted molar refractivity (Wildman–Crippen MR) is 79.0 cm³/mol. The van der Waals surface area contributed by atoms with Crippen molar-refractivity contribution in [3.8, 4) is 0 Å². The number of fused-ring (bicyclic) bond motifs is 1. The molecule has 0 radical (unpaired) electrons. The zero-order valence-electron chi connectivity index (χ0n) is 10.4. The minimum absolute atomic E-state index is 0.467. The maximum absolute atomic E-state index is 5.89. The van der Waals surface area contributed by atoms with E-state index in [1.165, 1.54) is 0 Å². The number of para-hydroxylation sites is 1. The van der Waals surface area contributed by atoms with Gasteiger partial charge in [0, 0.05) is 23.0 Å². The third kappa shape index (κ3) is 2.51. The Bertz CT molecular complexity index is 740. The maximum atomic E-state index is 5.89. The van der Waals surface area contributed by atoms with Gasteiger partial charge in [-0.1, -0.05) is 29.8 Å². The number of halogens is 1. The first kappa shape index (κ1) is 11.9. The lowest BCUT2D eigenvalue weighted by molar-refractivity contribution is 1.25. The monoisotopic (exact) mass is 269 g/mol. The highest BCUT2D eigenvalue weighted by Gasteiger charge is 2.03. The maximum Gasteiger partial charge on any atom is 0.131 e. The molecule has 0 unspecified atom stereocenters. The van der Waals surface area contributed by atoms with Crippen molar-refractivity contribution < 1.29 is 0 Å². The summed E-state index contributed by atoms with van der Waals surface area (Å²) in [5, 5.41) is 4.90. The lowest BCUT2D eigenvalue weighted by Crippen LogP contribution is -1.94. The van der Waals surface area contributed by atoms with E-state index < -0.39 is 0 Å². The Balaban J connectivity index is 2.07. The smallest absolute Gasteiger partial charge is 0.131 e. The molecular weight excluding hydrogens is 258 g/mol. The third-order valence-electron chi connectivity index (χ3n) is 2.87. The van der Waals surface area contributed by atoms with E-state index in [0.717, 1.165) is 28.0 Å². The highest BCUT2D eigenvalue weighted by Crippen LogP contribution is 2.25. The molecule has 3 rings (SSSR count). The Hall–Kier alpha value is -2.13. The summed E-state index contributed by atoms with van der Waals surface area (Å²) in [5.74, 6) is 0. The zero-order chi connectivity index (χ0) is 13.2. The van der Waals surface area contributed by atoms with Crippen LogP contribution in [0.5, 0.6) is 0 Å². The van der Waals surface area contributed by atoms with Crippen molar-refractivity contribution in [1.29, 1.82) is 0 Å². The van der Waals surface area contributed by atoms with E-state index in [9.17, 15) is 0 Å². The van der Waals surface area contributed by atoms with Crippen molar-refractivity contribution >= 4 is 33.9 Å². The molecule has 19 heavy (non-hydrogen) atoms. The Morgan fingerprint density at radius 1 is 1.11 bits per heavy atom. The topological polar surface area (TPSA) is 37.8 Å². The van der Waals surface area contributed by atoms with Gasteiger partial charge in [-0.3, -0.25) is 4.98 Å². The van der Waals surface area contributed by atoms with Crippen molar-refractivity contribution in [2.24, 2.45) is 0 Å². The molecule has 0 aliphatic rings. The molecule has 1 aromatic carbocycles. The van der Waals surface area contributed by atoms with Gasteiger partial charge in [-0.25, -0.2) is 4.98 Å². The number of rotatable bonds is 2. The van der Waals surface area contributed by atoms with Crippen LogP contribution in [0, 0.1) is 6.92 Å². The predicted octanol–water partition coefficient (Wildman–Crippen LogP) is 4.34. The molecule has 2 aromatic heterocycles. The van der Waals surface area contributed by atoms with Gasteiger partial charge < -0.3 is 5.32 Å². The summed E-state index contributed by atoms with van der Waals surface area (Å²) in [4.78, 5) is 8.55. The minimum Gasteiger partial charge on any atom is -0.354 e. The van der Waals surface area contributed by atoms with Crippen LogP contribution in [0.2, 0.25) is 5.15 Å². The first-order chi connectivity index (χ1) is 9.22. The van der Waals surface area contributed by atoms with Gasteiger partial charge in [-0.2, -0.15) is 0 Å². The van der Waals surface area contributed by atoms with Gasteiger partial charge in [-0.05, 0) is 31.2 Å². The summed E-state index contributed by atoms with van der Waals surface area (Å²) < 4.78 is 0. The van der Waals surface area contributed by atoms with Gasteiger partial charge >= 0.3 is 0 Å². The first-order valence-electron chi connectivity index (χ1n) is 5.97. The minimum atomic E-state index is 0.467. The van der Waals surface area contributed by atoms with E-state index >= 15 is 0 Å². The van der Waals surface area contributed by atoms with Gasteiger partial charge in [-0.15, -0.1) is 0 Å². The average Bonchev–Trinajstić information content (AvgIpc) is 2.39. The van der Waals surface area contributed by atoms with Gasteiger partial charge in [0.1, 0.15) is 5.15 Å². The van der Waals surface area contributed by atoms with Crippen LogP contribution in [-0.4, -0.2) is 9.97 Å². The van der Waals surface area contributed by atoms with E-state index in [-0.39, 0.29) is 0 Å². The standard InChI is InChI=1S/C15H12ClN3/c1-10-5-6-11-3-2-4-13(15(11)18-10)19-12-7-8-17-14(16)9-12/h2-9H,1H3,(H,17,19). The molecule has 0 saturated carbocycles. The van der Waals surface area contributed by atoms with Crippen LogP contribution in [0.25, 0.3) is 10.9 Å². The number of hydrogen-bond donors (Lipinski definition) is 1. The van der Waals surface area contributed by atoms with Crippen LogP contribution in [0.1, 0.15) is 5.69 Å². The number of nitrogens with zero attached hydrogens (tertiary/aromatic N) is 2. The Morgan fingerprint density at radius 3 is 2.84 bits per heavy atom. The summed E-state index contributed by atoms with van der Waals surface area (Å²) in [6, 6.07) is 13.8. The molecule has 0 saturated heterocycles. The molecule has 0 amide bonds. The molecular formula is C15H12ClN3. The van der Waals surface area contributed by atoms with Crippen molar-refractivity contribution in [2.45, 2.75) is 6.92 Å². The summed E-state index contributed by atoms with van der Waals surface area (Å²) in [7, 11) is 0. The van der Waals surface area contributed by atoms with Crippen LogP contribution in [0.3, 0.4) is 0 Å². The zero-order valence-corrected chi connectivity index (χ0v) is 11.1. The van der Waals surface area contributed by atoms with Crippen molar-refractivity contribution in [1.82, 2.24) is 9.97 Å². The van der Waals surface area contributed by atoms with E-state index in [2.05, 4.69) is 21.4 Å². The molecule has 0 spiro atoms. The number of aryl methyl sites for hydroxylation is 1. The quantitative estimate of drug-likeness (QED) is 0.704. The fourth-order valence-corrected chi connectivity index (χ4v) is 2.16. The summed E-state index contributed by atoms with van der Waals surface area (Å²) in [6.07, 6.45) is 1.68. The third-order valence-corrected chi connectivity index (χ3v) is 3.07. The van der Waals surface area contributed by atoms with Crippen molar-refractivity contribution in [3.63, 3.8) is 0 Å². The number of nitrogens with one attached hydrogen (secondary N) is 1. The number of benzene rings is 1. The van der Waals surface area contributed by atoms with Crippen LogP contribution < -0.4 is 5.32 Å². The molecule has 0 bridgehead atoms. The molecule has 94 valence electrons. The van der Waals surface area contributed by atoms with Gasteiger partial charge in [0.05, 0.1) is 11.2 Å². The van der Waals surface area contributed by atoms with Crippen molar-refractivity contribution in [3.05, 3.63) is 59.5 Å². The molecule has 0 aliphatic heterocycles. The molecule has 1 N–H and O–H groups in total. The molecule has 0 fully saturated rings. The SMILES string of the molecule is Cc1ccc2cccc(Nc3ccnc(Cl)c3)c2n1. The average molecular weight is 270 g/mol. The van der Waals surface area contributed by atoms with E-state index in [0.29, 0.717) is 5.15 Å². The van der Waals surface area contributed by atoms with E-state index in [4.69, 9.17) is 11.6 Å². The van der Waals surface area contributed by atoms with E-state index in [1.807, 2.05) is 37.3 Å². The number of hydrogen-bond acceptors (Lipinski definition) is 3. The Morgan fingerprint density at radius 2 is 2.00 bits per heavy atom. The van der Waals surface area contributed by atoms with Crippen LogP contribution in [-0.2, 0) is 0 Å². The fraction of sp³-hybridized carbons (Fsp3) is 0.0667. The molecule has 0 atom stereocenters. The number of pyridine rings is 2.